The standard InChI is InChI=1S/C16H10F3N4OS.C16H9F3N4S/c1-20-13-5-10(7-23(24)8-13)14-9-25-15(22-14)21-12-4-2-3-11(6-12)16(17,18)19;1-20-13-5-10(7-21-8-13)14-9-24-15(23-14)22-12-4-2-3-11(6-12)16(17,18)19/h2-9,24H,(H,21,22);2-9H,(H,22,23)/q+1;. The van der Waals surface area contributed by atoms with Crippen molar-refractivity contribution in [3.8, 4) is 22.5 Å². The lowest BCUT2D eigenvalue weighted by Gasteiger charge is -2.08. The van der Waals surface area contributed by atoms with Gasteiger partial charge in [-0.15, -0.1) is 22.7 Å². The summed E-state index contributed by atoms with van der Waals surface area (Å²) in [6.45, 7) is 14.0. The number of nitrogens with one attached hydrogen (secondary N) is 2. The topological polar surface area (TPSA) is 95.6 Å². The summed E-state index contributed by atoms with van der Waals surface area (Å²) in [5, 5.41) is 19.5. The van der Waals surface area contributed by atoms with E-state index in [1.165, 1.54) is 65.5 Å². The van der Waals surface area contributed by atoms with Gasteiger partial charge >= 0.3 is 12.4 Å². The summed E-state index contributed by atoms with van der Waals surface area (Å²) in [6.07, 6.45) is -3.14. The van der Waals surface area contributed by atoms with Crippen LogP contribution in [0.25, 0.3) is 32.2 Å². The number of halogens is 6. The Morgan fingerprint density at radius 2 is 1.18 bits per heavy atom. The highest BCUT2D eigenvalue weighted by Gasteiger charge is 2.31. The minimum Gasteiger partial charge on any atom is -0.332 e. The van der Waals surface area contributed by atoms with Crippen LogP contribution in [-0.2, 0) is 12.4 Å². The van der Waals surface area contributed by atoms with Crippen molar-refractivity contribution >= 4 is 55.7 Å². The van der Waals surface area contributed by atoms with Gasteiger partial charge in [0.1, 0.15) is 0 Å². The van der Waals surface area contributed by atoms with Gasteiger partial charge in [-0.3, -0.25) is 10.2 Å². The molecule has 0 aliphatic carbocycles. The lowest BCUT2D eigenvalue weighted by Crippen LogP contribution is -2.28. The minimum atomic E-state index is -4.42. The molecule has 0 aliphatic heterocycles. The molecule has 3 N–H and O–H groups in total. The Balaban J connectivity index is 0.000000191. The summed E-state index contributed by atoms with van der Waals surface area (Å²) in [4.78, 5) is 19.1. The average molecular weight is 710 g/mol. The molecule has 0 bridgehead atoms. The summed E-state index contributed by atoms with van der Waals surface area (Å²) in [5.74, 6) is 0. The van der Waals surface area contributed by atoms with Gasteiger partial charge in [-0.1, -0.05) is 12.1 Å². The molecule has 0 fully saturated rings. The first kappa shape index (κ1) is 34.3. The molecule has 0 aliphatic rings. The Morgan fingerprint density at radius 1 is 0.673 bits per heavy atom. The van der Waals surface area contributed by atoms with Crippen LogP contribution < -0.4 is 15.4 Å². The monoisotopic (exact) mass is 709 g/mol. The molecule has 0 unspecified atom stereocenters. The third-order valence-electron chi connectivity index (χ3n) is 6.30. The van der Waals surface area contributed by atoms with Crippen molar-refractivity contribution < 1.29 is 36.3 Å². The Morgan fingerprint density at radius 3 is 1.69 bits per heavy atom. The zero-order valence-electron chi connectivity index (χ0n) is 24.5. The van der Waals surface area contributed by atoms with Gasteiger partial charge < -0.3 is 10.6 Å². The number of alkyl halides is 6. The van der Waals surface area contributed by atoms with E-state index in [2.05, 4.69) is 35.3 Å². The summed E-state index contributed by atoms with van der Waals surface area (Å²) < 4.78 is 77.2. The summed E-state index contributed by atoms with van der Waals surface area (Å²) in [7, 11) is 0. The van der Waals surface area contributed by atoms with E-state index in [1.807, 2.05) is 0 Å². The molecule has 49 heavy (non-hydrogen) atoms. The summed E-state index contributed by atoms with van der Waals surface area (Å²) in [5.41, 5.74) is 2.02. The van der Waals surface area contributed by atoms with E-state index in [1.54, 1.807) is 29.1 Å². The second-order valence-corrected chi connectivity index (χ2v) is 11.5. The molecule has 0 radical (unpaired) electrons. The molecule has 246 valence electrons. The highest BCUT2D eigenvalue weighted by molar-refractivity contribution is 7.14. The highest BCUT2D eigenvalue weighted by Crippen LogP contribution is 2.34. The molecule has 4 heterocycles. The molecule has 6 rings (SSSR count). The van der Waals surface area contributed by atoms with E-state index < -0.39 is 23.5 Å². The van der Waals surface area contributed by atoms with Crippen LogP contribution in [0.2, 0.25) is 0 Å². The molecule has 0 spiro atoms. The molecule has 6 aromatic rings. The van der Waals surface area contributed by atoms with E-state index in [9.17, 15) is 31.5 Å². The van der Waals surface area contributed by atoms with E-state index in [-0.39, 0.29) is 11.4 Å². The molecule has 17 heteroatoms. The van der Waals surface area contributed by atoms with E-state index in [0.717, 1.165) is 29.0 Å². The van der Waals surface area contributed by atoms with Crippen LogP contribution in [-0.4, -0.2) is 20.2 Å². The zero-order valence-corrected chi connectivity index (χ0v) is 26.1. The first-order chi connectivity index (χ1) is 23.3. The molecule has 0 amide bonds. The van der Waals surface area contributed by atoms with Gasteiger partial charge in [0.05, 0.1) is 41.2 Å². The van der Waals surface area contributed by atoms with Crippen molar-refractivity contribution in [2.75, 3.05) is 10.6 Å². The van der Waals surface area contributed by atoms with Crippen molar-refractivity contribution in [2.45, 2.75) is 12.4 Å². The van der Waals surface area contributed by atoms with Gasteiger partial charge in [-0.05, 0) is 53.3 Å². The third-order valence-corrected chi connectivity index (χ3v) is 7.82. The minimum absolute atomic E-state index is 0.236. The number of rotatable bonds is 6. The molecular formula is C32H19F6N8OS2+. The fourth-order valence-corrected chi connectivity index (χ4v) is 5.58. The molecule has 0 atom stereocenters. The highest BCUT2D eigenvalue weighted by atomic mass is 32.1. The molecule has 9 nitrogen and oxygen atoms in total. The molecular weight excluding hydrogens is 691 g/mol. The van der Waals surface area contributed by atoms with E-state index in [4.69, 9.17) is 13.1 Å². The Bertz CT molecular complexity index is 2180. The molecule has 0 saturated heterocycles. The van der Waals surface area contributed by atoms with E-state index in [0.29, 0.717) is 44.2 Å². The van der Waals surface area contributed by atoms with E-state index >= 15 is 0 Å². The predicted molar refractivity (Wildman–Crippen MR) is 172 cm³/mol. The predicted octanol–water partition coefficient (Wildman–Crippen LogP) is 10.2. The summed E-state index contributed by atoms with van der Waals surface area (Å²) >= 11 is 2.46. The van der Waals surface area contributed by atoms with Crippen molar-refractivity contribution in [3.05, 3.63) is 130 Å². The number of aromatic nitrogens is 4. The maximum Gasteiger partial charge on any atom is 0.416 e. The maximum absolute atomic E-state index is 12.8. The Hall–Kier alpha value is -6.04. The second kappa shape index (κ2) is 14.4. The van der Waals surface area contributed by atoms with Gasteiger partial charge in [0.15, 0.2) is 10.3 Å². The number of benzene rings is 2. The average Bonchev–Trinajstić information content (AvgIpc) is 3.74. The lowest BCUT2D eigenvalue weighted by molar-refractivity contribution is -0.904. The first-order valence-corrected chi connectivity index (χ1v) is 15.3. The van der Waals surface area contributed by atoms with Gasteiger partial charge in [0.25, 0.3) is 5.69 Å². The van der Waals surface area contributed by atoms with Crippen LogP contribution in [0.3, 0.4) is 0 Å². The molecule has 0 saturated carbocycles. The van der Waals surface area contributed by atoms with Crippen LogP contribution in [0.4, 0.5) is 59.4 Å². The maximum atomic E-state index is 12.8. The Labute approximate surface area is 282 Å². The first-order valence-electron chi connectivity index (χ1n) is 13.6. The number of pyridine rings is 2. The van der Waals surface area contributed by atoms with Crippen molar-refractivity contribution in [1.82, 2.24) is 15.0 Å². The largest absolute Gasteiger partial charge is 0.416 e. The van der Waals surface area contributed by atoms with Gasteiger partial charge in [-0.25, -0.2) is 19.7 Å². The van der Waals surface area contributed by atoms with Crippen LogP contribution >= 0.6 is 22.7 Å². The van der Waals surface area contributed by atoms with Crippen molar-refractivity contribution in [3.63, 3.8) is 0 Å². The number of thiazole rings is 2. The fourth-order valence-electron chi connectivity index (χ4n) is 4.10. The van der Waals surface area contributed by atoms with Crippen LogP contribution in [0, 0.1) is 13.1 Å². The SMILES string of the molecule is [C-]#[N+]c1cc(-c2csc(Nc3cccc(C(F)(F)F)c3)n2)c[n+](O)c1.[C-]#[N+]c1cncc(-c2csc(Nc3cccc(C(F)(F)F)c3)n2)c1. The summed E-state index contributed by atoms with van der Waals surface area (Å²) in [6, 6.07) is 13.0. The van der Waals surface area contributed by atoms with Crippen LogP contribution in [0.1, 0.15) is 11.1 Å². The van der Waals surface area contributed by atoms with Crippen molar-refractivity contribution in [2.24, 2.45) is 0 Å². The quantitative estimate of drug-likeness (QED) is 0.0690. The number of anilines is 4. The van der Waals surface area contributed by atoms with Gasteiger partial charge in [-0.2, -0.15) is 26.3 Å². The lowest BCUT2D eigenvalue weighted by atomic mass is 10.2. The van der Waals surface area contributed by atoms with Crippen LogP contribution in [0.5, 0.6) is 0 Å². The second-order valence-electron chi connectivity index (χ2n) is 9.80. The molecule has 4 aromatic heterocycles. The fraction of sp³-hybridized carbons (Fsp3) is 0.0625. The smallest absolute Gasteiger partial charge is 0.332 e. The number of hydrogen-bond acceptors (Lipinski definition) is 8. The number of nitrogens with zero attached hydrogens (tertiary/aromatic N) is 6. The van der Waals surface area contributed by atoms with Gasteiger partial charge in [0, 0.05) is 40.1 Å². The van der Waals surface area contributed by atoms with Crippen molar-refractivity contribution in [1.29, 1.82) is 0 Å². The van der Waals surface area contributed by atoms with Gasteiger partial charge in [0.2, 0.25) is 18.1 Å². The Kier molecular flexibility index (Phi) is 10.1. The molecule has 2 aromatic carbocycles. The zero-order chi connectivity index (χ0) is 35.2. The van der Waals surface area contributed by atoms with Crippen LogP contribution in [0.15, 0.2) is 96.2 Å². The normalized spacial score (nSPS) is 11.1. The number of hydrogen-bond donors (Lipinski definition) is 3. The third kappa shape index (κ3) is 9.07.